The van der Waals surface area contributed by atoms with Crippen molar-refractivity contribution in [2.75, 3.05) is 6.61 Å². The second-order valence-electron chi connectivity index (χ2n) is 6.59. The van der Waals surface area contributed by atoms with E-state index in [1.54, 1.807) is 4.90 Å². The van der Waals surface area contributed by atoms with Crippen molar-refractivity contribution in [2.24, 2.45) is 0 Å². The minimum absolute atomic E-state index is 0.130. The Morgan fingerprint density at radius 2 is 1.95 bits per heavy atom. The second kappa shape index (κ2) is 5.53. The average Bonchev–Trinajstić information content (AvgIpc) is 2.45. The van der Waals surface area contributed by atoms with Gasteiger partial charge in [-0.2, -0.15) is 0 Å². The van der Waals surface area contributed by atoms with Gasteiger partial charge in [0.1, 0.15) is 11.8 Å². The Labute approximate surface area is 116 Å². The molecule has 4 nitrogen and oxygen atoms in total. The predicted octanol–water partition coefficient (Wildman–Crippen LogP) is 3.71. The minimum atomic E-state index is -0.614. The summed E-state index contributed by atoms with van der Waals surface area (Å²) in [7, 11) is 0. The fourth-order valence-electron chi connectivity index (χ4n) is 2.35. The Hall–Kier alpha value is -1.03. The SMILES string of the molecule is CC(C)=CC[C@@H](C)OC(=O)N1C(C)(C)COC1(C)C. The van der Waals surface area contributed by atoms with Gasteiger partial charge in [-0.05, 0) is 48.5 Å². The van der Waals surface area contributed by atoms with Crippen LogP contribution in [0.5, 0.6) is 0 Å². The molecule has 1 aliphatic rings. The molecule has 0 aromatic rings. The number of hydrogen-bond donors (Lipinski definition) is 0. The first kappa shape index (κ1) is 16.0. The summed E-state index contributed by atoms with van der Waals surface area (Å²) in [4.78, 5) is 14.0. The summed E-state index contributed by atoms with van der Waals surface area (Å²) in [5, 5.41) is 0. The molecule has 0 aromatic carbocycles. The molecule has 19 heavy (non-hydrogen) atoms. The fourth-order valence-corrected chi connectivity index (χ4v) is 2.35. The molecule has 0 saturated carbocycles. The van der Waals surface area contributed by atoms with Crippen LogP contribution in [0.2, 0.25) is 0 Å². The van der Waals surface area contributed by atoms with E-state index < -0.39 is 5.72 Å². The Bertz CT molecular complexity index is 352. The van der Waals surface area contributed by atoms with E-state index in [0.717, 1.165) is 6.42 Å². The molecular weight excluding hydrogens is 242 g/mol. The van der Waals surface area contributed by atoms with Gasteiger partial charge < -0.3 is 9.47 Å². The molecule has 1 atom stereocenters. The molecule has 0 bridgehead atoms. The van der Waals surface area contributed by atoms with E-state index in [-0.39, 0.29) is 17.7 Å². The molecule has 1 fully saturated rings. The van der Waals surface area contributed by atoms with Gasteiger partial charge in [0.05, 0.1) is 12.1 Å². The van der Waals surface area contributed by atoms with Crippen LogP contribution in [0.3, 0.4) is 0 Å². The lowest BCUT2D eigenvalue weighted by molar-refractivity contribution is -0.0569. The molecule has 1 aliphatic heterocycles. The van der Waals surface area contributed by atoms with E-state index in [4.69, 9.17) is 9.47 Å². The molecule has 0 radical (unpaired) electrons. The van der Waals surface area contributed by atoms with Crippen molar-refractivity contribution >= 4 is 6.09 Å². The number of allylic oxidation sites excluding steroid dienone is 1. The molecule has 110 valence electrons. The summed E-state index contributed by atoms with van der Waals surface area (Å²) < 4.78 is 11.2. The van der Waals surface area contributed by atoms with Crippen LogP contribution in [0, 0.1) is 0 Å². The topological polar surface area (TPSA) is 38.8 Å². The molecule has 0 unspecified atom stereocenters. The molecule has 1 saturated heterocycles. The first-order chi connectivity index (χ1) is 8.56. The van der Waals surface area contributed by atoms with Crippen molar-refractivity contribution in [3.8, 4) is 0 Å². The highest BCUT2D eigenvalue weighted by atomic mass is 16.6. The molecule has 0 spiro atoms. The predicted molar refractivity (Wildman–Crippen MR) is 75.9 cm³/mol. The van der Waals surface area contributed by atoms with Crippen LogP contribution in [0.15, 0.2) is 11.6 Å². The Morgan fingerprint density at radius 1 is 1.37 bits per heavy atom. The van der Waals surface area contributed by atoms with Gasteiger partial charge in [0.25, 0.3) is 0 Å². The van der Waals surface area contributed by atoms with Crippen LogP contribution >= 0.6 is 0 Å². The highest BCUT2D eigenvalue weighted by molar-refractivity contribution is 5.70. The van der Waals surface area contributed by atoms with Gasteiger partial charge in [-0.3, -0.25) is 4.90 Å². The van der Waals surface area contributed by atoms with Crippen LogP contribution in [-0.2, 0) is 9.47 Å². The van der Waals surface area contributed by atoms with Gasteiger partial charge in [-0.15, -0.1) is 0 Å². The number of rotatable bonds is 3. The van der Waals surface area contributed by atoms with Gasteiger partial charge >= 0.3 is 6.09 Å². The highest BCUT2D eigenvalue weighted by Crippen LogP contribution is 2.35. The smallest absolute Gasteiger partial charge is 0.412 e. The maximum absolute atomic E-state index is 12.3. The van der Waals surface area contributed by atoms with Gasteiger partial charge in [0.2, 0.25) is 0 Å². The van der Waals surface area contributed by atoms with Crippen molar-refractivity contribution in [2.45, 2.75) is 72.3 Å². The number of amides is 1. The minimum Gasteiger partial charge on any atom is -0.446 e. The van der Waals surface area contributed by atoms with E-state index in [9.17, 15) is 4.79 Å². The molecule has 1 heterocycles. The zero-order valence-corrected chi connectivity index (χ0v) is 13.2. The maximum Gasteiger partial charge on any atom is 0.412 e. The first-order valence-corrected chi connectivity index (χ1v) is 6.84. The molecule has 0 aromatic heterocycles. The molecule has 0 aliphatic carbocycles. The molecule has 1 rings (SSSR count). The highest BCUT2D eigenvalue weighted by Gasteiger charge is 2.49. The quantitative estimate of drug-likeness (QED) is 0.733. The first-order valence-electron chi connectivity index (χ1n) is 6.84. The van der Waals surface area contributed by atoms with E-state index in [1.165, 1.54) is 5.57 Å². The van der Waals surface area contributed by atoms with Crippen molar-refractivity contribution in [1.82, 2.24) is 4.90 Å². The standard InChI is InChI=1S/C15H27NO3/c1-11(2)8-9-12(3)19-13(17)16-14(4,5)10-18-15(16,6)7/h8,12H,9-10H2,1-7H3/t12-/m1/s1. The van der Waals surface area contributed by atoms with Crippen LogP contribution in [0.25, 0.3) is 0 Å². The van der Waals surface area contributed by atoms with E-state index in [1.807, 2.05) is 48.5 Å². The molecule has 0 N–H and O–H groups in total. The summed E-state index contributed by atoms with van der Waals surface area (Å²) >= 11 is 0. The average molecular weight is 269 g/mol. The second-order valence-corrected chi connectivity index (χ2v) is 6.59. The molecule has 4 heteroatoms. The summed E-state index contributed by atoms with van der Waals surface area (Å²) in [5.41, 5.74) is 0.279. The molecule has 1 amide bonds. The lowest BCUT2D eigenvalue weighted by Gasteiger charge is -2.37. The lowest BCUT2D eigenvalue weighted by Crippen LogP contribution is -2.53. The largest absolute Gasteiger partial charge is 0.446 e. The number of carbonyl (C=O) groups excluding carboxylic acids is 1. The number of ether oxygens (including phenoxy) is 2. The molecular formula is C15H27NO3. The summed E-state index contributed by atoms with van der Waals surface area (Å²) in [5.74, 6) is 0. The number of carbonyl (C=O) groups is 1. The van der Waals surface area contributed by atoms with Crippen molar-refractivity contribution in [1.29, 1.82) is 0 Å². The number of nitrogens with zero attached hydrogens (tertiary/aromatic N) is 1. The van der Waals surface area contributed by atoms with Gasteiger partial charge in [-0.25, -0.2) is 4.79 Å². The van der Waals surface area contributed by atoms with Crippen molar-refractivity contribution in [3.05, 3.63) is 11.6 Å². The fraction of sp³-hybridized carbons (Fsp3) is 0.800. The van der Waals surface area contributed by atoms with Gasteiger partial charge in [0, 0.05) is 6.42 Å². The van der Waals surface area contributed by atoms with Gasteiger partial charge in [-0.1, -0.05) is 11.6 Å². The van der Waals surface area contributed by atoms with Gasteiger partial charge in [0.15, 0.2) is 0 Å². The zero-order chi connectivity index (χ0) is 14.8. The Kier molecular flexibility index (Phi) is 4.67. The number of hydrogen-bond acceptors (Lipinski definition) is 3. The maximum atomic E-state index is 12.3. The third-order valence-corrected chi connectivity index (χ3v) is 3.27. The van der Waals surface area contributed by atoms with Crippen molar-refractivity contribution in [3.63, 3.8) is 0 Å². The summed E-state index contributed by atoms with van der Waals surface area (Å²) in [6, 6.07) is 0. The van der Waals surface area contributed by atoms with E-state index in [0.29, 0.717) is 6.61 Å². The third-order valence-electron chi connectivity index (χ3n) is 3.27. The van der Waals surface area contributed by atoms with E-state index in [2.05, 4.69) is 6.08 Å². The van der Waals surface area contributed by atoms with Crippen LogP contribution in [0.4, 0.5) is 4.79 Å². The van der Waals surface area contributed by atoms with E-state index >= 15 is 0 Å². The van der Waals surface area contributed by atoms with Crippen LogP contribution in [0.1, 0.15) is 54.9 Å². The van der Waals surface area contributed by atoms with Crippen molar-refractivity contribution < 1.29 is 14.3 Å². The Balaban J connectivity index is 2.69. The monoisotopic (exact) mass is 269 g/mol. The summed E-state index contributed by atoms with van der Waals surface area (Å²) in [6.07, 6.45) is 2.38. The van der Waals surface area contributed by atoms with Crippen LogP contribution < -0.4 is 0 Å². The lowest BCUT2D eigenvalue weighted by atomic mass is 10.0. The normalized spacial score (nSPS) is 21.9. The Morgan fingerprint density at radius 3 is 2.37 bits per heavy atom. The zero-order valence-electron chi connectivity index (χ0n) is 13.2. The third kappa shape index (κ3) is 3.96. The van der Waals surface area contributed by atoms with Crippen LogP contribution in [-0.4, -0.2) is 35.0 Å². The summed E-state index contributed by atoms with van der Waals surface area (Å²) in [6.45, 7) is 14.3.